The van der Waals surface area contributed by atoms with E-state index in [2.05, 4.69) is 40.7 Å². The van der Waals surface area contributed by atoms with Gasteiger partial charge in [0.2, 0.25) is 0 Å². The molecule has 0 aromatic heterocycles. The van der Waals surface area contributed by atoms with Crippen molar-refractivity contribution in [2.75, 3.05) is 0 Å². The highest BCUT2D eigenvalue weighted by atomic mass is 14.7. The first-order chi connectivity index (χ1) is 7.30. The Bertz CT molecular complexity index is 358. The van der Waals surface area contributed by atoms with E-state index in [0.717, 1.165) is 11.8 Å². The van der Waals surface area contributed by atoms with Gasteiger partial charge in [-0.15, -0.1) is 0 Å². The quantitative estimate of drug-likeness (QED) is 0.512. The molecule has 0 heterocycles. The lowest BCUT2D eigenvalue weighted by molar-refractivity contribution is 0.0742. The Morgan fingerprint density at radius 1 is 1.12 bits per heavy atom. The standard InChI is InChI=1S/C16H26/c1-11-8-13-15(4,5)12-6-7-16(13,10-12)14(2,3)9-11/h8,11-12H,6-7,9-10H2,1-5H3/t11-,12+,16+/m1/s1. The number of hydrogen-bond donors (Lipinski definition) is 0. The maximum atomic E-state index is 2.64. The molecule has 0 saturated heterocycles. The molecule has 0 N–H and O–H groups in total. The predicted octanol–water partition coefficient (Wildman–Crippen LogP) is 4.81. The normalized spacial score (nSPS) is 47.7. The Kier molecular flexibility index (Phi) is 1.88. The van der Waals surface area contributed by atoms with Gasteiger partial charge in [0.15, 0.2) is 0 Å². The molecule has 0 aliphatic heterocycles. The summed E-state index contributed by atoms with van der Waals surface area (Å²) in [5.74, 6) is 1.75. The van der Waals surface area contributed by atoms with E-state index in [9.17, 15) is 0 Å². The molecule has 1 spiro atoms. The molecule has 3 rings (SSSR count). The topological polar surface area (TPSA) is 0 Å². The van der Waals surface area contributed by atoms with E-state index < -0.39 is 0 Å². The van der Waals surface area contributed by atoms with Gasteiger partial charge < -0.3 is 0 Å². The molecule has 0 unspecified atom stereocenters. The first-order valence-electron chi connectivity index (χ1n) is 7.02. The number of allylic oxidation sites excluding steroid dienone is 2. The predicted molar refractivity (Wildman–Crippen MR) is 69.2 cm³/mol. The minimum atomic E-state index is 0.490. The van der Waals surface area contributed by atoms with E-state index in [0.29, 0.717) is 16.2 Å². The van der Waals surface area contributed by atoms with Crippen molar-refractivity contribution in [1.29, 1.82) is 0 Å². The maximum absolute atomic E-state index is 2.64. The zero-order valence-electron chi connectivity index (χ0n) is 11.6. The van der Waals surface area contributed by atoms with Crippen LogP contribution in [-0.2, 0) is 0 Å². The second kappa shape index (κ2) is 2.76. The second-order valence-corrected chi connectivity index (χ2v) is 7.89. The van der Waals surface area contributed by atoms with Crippen molar-refractivity contribution in [2.45, 2.75) is 60.3 Å². The molecule has 3 aliphatic carbocycles. The highest BCUT2D eigenvalue weighted by Gasteiger charge is 2.64. The molecule has 2 fully saturated rings. The fourth-order valence-corrected chi connectivity index (χ4v) is 5.44. The molecule has 0 aromatic carbocycles. The van der Waals surface area contributed by atoms with Crippen LogP contribution < -0.4 is 0 Å². The zero-order chi connectivity index (χ0) is 11.8. The molecule has 0 nitrogen and oxygen atoms in total. The summed E-state index contributed by atoms with van der Waals surface area (Å²) in [6.45, 7) is 12.5. The lowest BCUT2D eigenvalue weighted by Gasteiger charge is -2.52. The van der Waals surface area contributed by atoms with Crippen molar-refractivity contribution in [3.8, 4) is 0 Å². The van der Waals surface area contributed by atoms with Gasteiger partial charge in [-0.2, -0.15) is 0 Å². The Balaban J connectivity index is 2.18. The van der Waals surface area contributed by atoms with Gasteiger partial charge in [-0.3, -0.25) is 0 Å². The maximum Gasteiger partial charge on any atom is -0.00282 e. The lowest BCUT2D eigenvalue weighted by atomic mass is 9.52. The molecule has 0 heteroatoms. The SMILES string of the molecule is C[C@@H]1C=C2C(C)(C)[C@H]3CC[C@@]2(C3)C(C)(C)C1. The molecule has 0 radical (unpaired) electrons. The Morgan fingerprint density at radius 2 is 1.81 bits per heavy atom. The van der Waals surface area contributed by atoms with Crippen molar-refractivity contribution in [3.05, 3.63) is 11.6 Å². The third-order valence-corrected chi connectivity index (χ3v) is 6.32. The molecule has 3 atom stereocenters. The number of fused-ring (bicyclic) bond motifs is 1. The summed E-state index contributed by atoms with van der Waals surface area (Å²) >= 11 is 0. The number of hydrogen-bond acceptors (Lipinski definition) is 0. The van der Waals surface area contributed by atoms with Crippen LogP contribution in [0.4, 0.5) is 0 Å². The monoisotopic (exact) mass is 218 g/mol. The van der Waals surface area contributed by atoms with Gasteiger partial charge >= 0.3 is 0 Å². The van der Waals surface area contributed by atoms with Gasteiger partial charge in [0.05, 0.1) is 0 Å². The average Bonchev–Trinajstić information content (AvgIpc) is 2.63. The fraction of sp³-hybridized carbons (Fsp3) is 0.875. The van der Waals surface area contributed by atoms with Gasteiger partial charge in [-0.1, -0.05) is 46.3 Å². The van der Waals surface area contributed by atoms with Crippen LogP contribution in [0.5, 0.6) is 0 Å². The lowest BCUT2D eigenvalue weighted by Crippen LogP contribution is -2.43. The Labute approximate surface area is 101 Å². The summed E-state index contributed by atoms with van der Waals surface area (Å²) in [7, 11) is 0. The highest BCUT2D eigenvalue weighted by molar-refractivity contribution is 5.37. The molecule has 90 valence electrons. The van der Waals surface area contributed by atoms with Crippen LogP contribution in [0.2, 0.25) is 0 Å². The number of rotatable bonds is 0. The Morgan fingerprint density at radius 3 is 2.50 bits per heavy atom. The molecule has 2 saturated carbocycles. The van der Waals surface area contributed by atoms with E-state index in [1.54, 1.807) is 0 Å². The highest BCUT2D eigenvalue weighted by Crippen LogP contribution is 2.74. The van der Waals surface area contributed by atoms with Crippen molar-refractivity contribution in [3.63, 3.8) is 0 Å². The molecule has 2 bridgehead atoms. The van der Waals surface area contributed by atoms with Crippen molar-refractivity contribution in [2.24, 2.45) is 28.1 Å². The fourth-order valence-electron chi connectivity index (χ4n) is 5.44. The van der Waals surface area contributed by atoms with Crippen LogP contribution in [0, 0.1) is 28.1 Å². The summed E-state index contributed by atoms with van der Waals surface area (Å²) in [6, 6.07) is 0. The van der Waals surface area contributed by atoms with Crippen LogP contribution in [0.25, 0.3) is 0 Å². The van der Waals surface area contributed by atoms with E-state index in [1.165, 1.54) is 25.7 Å². The molecule has 0 amide bonds. The van der Waals surface area contributed by atoms with Gasteiger partial charge in [0, 0.05) is 0 Å². The minimum absolute atomic E-state index is 0.490. The third kappa shape index (κ3) is 1.02. The molecule has 0 aromatic rings. The van der Waals surface area contributed by atoms with Gasteiger partial charge in [-0.25, -0.2) is 0 Å². The van der Waals surface area contributed by atoms with E-state index in [1.807, 2.05) is 5.57 Å². The summed E-state index contributed by atoms with van der Waals surface area (Å²) in [4.78, 5) is 0. The molecular formula is C16H26. The molecule has 16 heavy (non-hydrogen) atoms. The minimum Gasteiger partial charge on any atom is -0.0813 e. The van der Waals surface area contributed by atoms with Gasteiger partial charge in [0.1, 0.15) is 0 Å². The van der Waals surface area contributed by atoms with Crippen LogP contribution in [0.1, 0.15) is 60.3 Å². The van der Waals surface area contributed by atoms with Crippen LogP contribution >= 0.6 is 0 Å². The van der Waals surface area contributed by atoms with Gasteiger partial charge in [0.25, 0.3) is 0 Å². The Hall–Kier alpha value is -0.260. The first-order valence-corrected chi connectivity index (χ1v) is 7.02. The van der Waals surface area contributed by atoms with Gasteiger partial charge in [-0.05, 0) is 53.8 Å². The van der Waals surface area contributed by atoms with E-state index in [-0.39, 0.29) is 0 Å². The van der Waals surface area contributed by atoms with Crippen LogP contribution in [0.3, 0.4) is 0 Å². The summed E-state index contributed by atoms with van der Waals surface area (Å²) < 4.78 is 0. The van der Waals surface area contributed by atoms with E-state index in [4.69, 9.17) is 0 Å². The smallest absolute Gasteiger partial charge is 0.00282 e. The largest absolute Gasteiger partial charge is 0.0813 e. The first kappa shape index (κ1) is 10.9. The van der Waals surface area contributed by atoms with Crippen molar-refractivity contribution >= 4 is 0 Å². The van der Waals surface area contributed by atoms with E-state index >= 15 is 0 Å². The summed E-state index contributed by atoms with van der Waals surface area (Å²) in [5, 5.41) is 0. The third-order valence-electron chi connectivity index (χ3n) is 6.32. The second-order valence-electron chi connectivity index (χ2n) is 7.89. The van der Waals surface area contributed by atoms with Crippen molar-refractivity contribution < 1.29 is 0 Å². The van der Waals surface area contributed by atoms with Crippen molar-refractivity contribution in [1.82, 2.24) is 0 Å². The van der Waals surface area contributed by atoms with Crippen LogP contribution in [-0.4, -0.2) is 0 Å². The molecule has 3 aliphatic rings. The summed E-state index contributed by atoms with van der Waals surface area (Å²) in [5.41, 5.74) is 3.43. The zero-order valence-corrected chi connectivity index (χ0v) is 11.6. The molecular weight excluding hydrogens is 192 g/mol. The average molecular weight is 218 g/mol. The summed E-state index contributed by atoms with van der Waals surface area (Å²) in [6.07, 6.45) is 8.45. The van der Waals surface area contributed by atoms with Crippen LogP contribution in [0.15, 0.2) is 11.6 Å².